The summed E-state index contributed by atoms with van der Waals surface area (Å²) in [4.78, 5) is 0.770. The maximum absolute atomic E-state index is 5.40. The Kier molecular flexibility index (Phi) is 3.89. The van der Waals surface area contributed by atoms with Crippen molar-refractivity contribution >= 4 is 22.9 Å². The Morgan fingerprint density at radius 3 is 2.35 bits per heavy atom. The van der Waals surface area contributed by atoms with E-state index in [0.717, 1.165) is 22.7 Å². The van der Waals surface area contributed by atoms with Crippen LogP contribution in [0.25, 0.3) is 0 Å². The van der Waals surface area contributed by atoms with Gasteiger partial charge in [0.1, 0.15) is 4.99 Å². The fourth-order valence-corrected chi connectivity index (χ4v) is 1.98. The second-order valence-corrected chi connectivity index (χ2v) is 4.24. The van der Waals surface area contributed by atoms with Gasteiger partial charge in [-0.05, 0) is 18.1 Å². The zero-order valence-electron chi connectivity index (χ0n) is 9.81. The normalized spacial score (nSPS) is 9.94. The highest BCUT2D eigenvalue weighted by atomic mass is 32.1. The molecule has 0 aromatic heterocycles. The van der Waals surface area contributed by atoms with Gasteiger partial charge in [0.05, 0.1) is 0 Å². The van der Waals surface area contributed by atoms with Crippen molar-refractivity contribution in [2.45, 2.75) is 13.3 Å². The SMILES string of the molecule is CCc1ccccc1NC(=S)c1ccccc1. The van der Waals surface area contributed by atoms with Gasteiger partial charge in [0.25, 0.3) is 0 Å². The molecule has 0 fully saturated rings. The molecule has 1 nitrogen and oxygen atoms in total. The number of aryl methyl sites for hydroxylation is 1. The highest BCUT2D eigenvalue weighted by Gasteiger charge is 2.03. The van der Waals surface area contributed by atoms with Crippen LogP contribution >= 0.6 is 12.2 Å². The lowest BCUT2D eigenvalue weighted by Gasteiger charge is -2.11. The summed E-state index contributed by atoms with van der Waals surface area (Å²) in [5, 5.41) is 3.31. The zero-order chi connectivity index (χ0) is 12.1. The minimum absolute atomic E-state index is 0.770. The van der Waals surface area contributed by atoms with E-state index in [1.165, 1.54) is 5.56 Å². The van der Waals surface area contributed by atoms with Crippen molar-refractivity contribution in [1.29, 1.82) is 0 Å². The maximum Gasteiger partial charge on any atom is 0.110 e. The lowest BCUT2D eigenvalue weighted by atomic mass is 10.1. The van der Waals surface area contributed by atoms with Crippen LogP contribution in [0, 0.1) is 0 Å². The third-order valence-electron chi connectivity index (χ3n) is 2.68. The molecule has 1 N–H and O–H groups in total. The van der Waals surface area contributed by atoms with Crippen LogP contribution in [-0.4, -0.2) is 4.99 Å². The highest BCUT2D eigenvalue weighted by Crippen LogP contribution is 2.16. The van der Waals surface area contributed by atoms with Crippen molar-refractivity contribution in [2.24, 2.45) is 0 Å². The van der Waals surface area contributed by atoms with Crippen LogP contribution in [0.15, 0.2) is 54.6 Å². The van der Waals surface area contributed by atoms with Crippen LogP contribution in [0.4, 0.5) is 5.69 Å². The van der Waals surface area contributed by atoms with Gasteiger partial charge in [0.15, 0.2) is 0 Å². The van der Waals surface area contributed by atoms with Crippen LogP contribution in [0.3, 0.4) is 0 Å². The van der Waals surface area contributed by atoms with Crippen LogP contribution in [0.2, 0.25) is 0 Å². The van der Waals surface area contributed by atoms with E-state index >= 15 is 0 Å². The molecule has 0 amide bonds. The molecule has 0 aliphatic heterocycles. The first-order chi connectivity index (χ1) is 8.31. The van der Waals surface area contributed by atoms with Crippen LogP contribution in [-0.2, 0) is 6.42 Å². The van der Waals surface area contributed by atoms with Gasteiger partial charge in [0.2, 0.25) is 0 Å². The van der Waals surface area contributed by atoms with Gasteiger partial charge >= 0.3 is 0 Å². The van der Waals surface area contributed by atoms with Crippen molar-refractivity contribution < 1.29 is 0 Å². The number of hydrogen-bond donors (Lipinski definition) is 1. The molecule has 0 aliphatic rings. The molecule has 2 rings (SSSR count). The molecule has 17 heavy (non-hydrogen) atoms. The first-order valence-corrected chi connectivity index (χ1v) is 6.16. The Hall–Kier alpha value is -1.67. The third kappa shape index (κ3) is 2.92. The van der Waals surface area contributed by atoms with Gasteiger partial charge in [-0.1, -0.05) is 67.7 Å². The minimum atomic E-state index is 0.770. The number of thiocarbonyl (C=S) groups is 1. The van der Waals surface area contributed by atoms with Crippen molar-refractivity contribution in [3.8, 4) is 0 Å². The first-order valence-electron chi connectivity index (χ1n) is 5.75. The molecule has 0 atom stereocenters. The van der Waals surface area contributed by atoms with Crippen LogP contribution < -0.4 is 5.32 Å². The van der Waals surface area contributed by atoms with Gasteiger partial charge < -0.3 is 5.32 Å². The van der Waals surface area contributed by atoms with Gasteiger partial charge in [-0.2, -0.15) is 0 Å². The quantitative estimate of drug-likeness (QED) is 0.814. The van der Waals surface area contributed by atoms with E-state index in [9.17, 15) is 0 Å². The smallest absolute Gasteiger partial charge is 0.110 e. The zero-order valence-corrected chi connectivity index (χ0v) is 10.6. The Labute approximate surface area is 107 Å². The van der Waals surface area contributed by atoms with E-state index in [-0.39, 0.29) is 0 Å². The van der Waals surface area contributed by atoms with Gasteiger partial charge in [-0.25, -0.2) is 0 Å². The number of benzene rings is 2. The number of nitrogens with one attached hydrogen (secondary N) is 1. The molecular weight excluding hydrogens is 226 g/mol. The topological polar surface area (TPSA) is 12.0 Å². The summed E-state index contributed by atoms with van der Waals surface area (Å²) >= 11 is 5.40. The molecule has 2 heteroatoms. The fourth-order valence-electron chi connectivity index (χ4n) is 1.73. The molecule has 2 aromatic rings. The van der Waals surface area contributed by atoms with E-state index in [2.05, 4.69) is 30.4 Å². The van der Waals surface area contributed by atoms with Gasteiger partial charge in [-0.3, -0.25) is 0 Å². The molecule has 0 saturated heterocycles. The van der Waals surface area contributed by atoms with Gasteiger partial charge in [0, 0.05) is 11.3 Å². The average molecular weight is 241 g/mol. The van der Waals surface area contributed by atoms with Crippen molar-refractivity contribution in [1.82, 2.24) is 0 Å². The summed E-state index contributed by atoms with van der Waals surface area (Å²) in [6.45, 7) is 2.14. The molecule has 0 heterocycles. The predicted molar refractivity (Wildman–Crippen MR) is 77.6 cm³/mol. The predicted octanol–water partition coefficient (Wildman–Crippen LogP) is 4.04. The maximum atomic E-state index is 5.40. The molecule has 0 bridgehead atoms. The number of hydrogen-bond acceptors (Lipinski definition) is 1. The van der Waals surface area contributed by atoms with E-state index in [4.69, 9.17) is 12.2 Å². The largest absolute Gasteiger partial charge is 0.346 e. The average Bonchev–Trinajstić information content (AvgIpc) is 2.40. The summed E-state index contributed by atoms with van der Waals surface area (Å²) in [5.74, 6) is 0. The third-order valence-corrected chi connectivity index (χ3v) is 3.02. The van der Waals surface area contributed by atoms with Crippen LogP contribution in [0.5, 0.6) is 0 Å². The summed E-state index contributed by atoms with van der Waals surface area (Å²) in [5.41, 5.74) is 3.43. The molecule has 0 spiro atoms. The second kappa shape index (κ2) is 5.60. The monoisotopic (exact) mass is 241 g/mol. The van der Waals surface area contributed by atoms with E-state index in [1.54, 1.807) is 0 Å². The Balaban J connectivity index is 2.19. The summed E-state index contributed by atoms with van der Waals surface area (Å²) in [6, 6.07) is 18.3. The molecule has 86 valence electrons. The van der Waals surface area contributed by atoms with Crippen molar-refractivity contribution in [2.75, 3.05) is 5.32 Å². The summed E-state index contributed by atoms with van der Waals surface area (Å²) < 4.78 is 0. The number of para-hydroxylation sites is 1. The Bertz CT molecular complexity index is 505. The second-order valence-electron chi connectivity index (χ2n) is 3.83. The molecule has 0 unspecified atom stereocenters. The Morgan fingerprint density at radius 1 is 1.00 bits per heavy atom. The summed E-state index contributed by atoms with van der Waals surface area (Å²) in [6.07, 6.45) is 1.00. The first kappa shape index (κ1) is 11.8. The van der Waals surface area contributed by atoms with E-state index in [1.807, 2.05) is 36.4 Å². The minimum Gasteiger partial charge on any atom is -0.346 e. The molecule has 2 aromatic carbocycles. The Morgan fingerprint density at radius 2 is 1.65 bits per heavy atom. The van der Waals surface area contributed by atoms with Gasteiger partial charge in [-0.15, -0.1) is 0 Å². The van der Waals surface area contributed by atoms with Crippen molar-refractivity contribution in [3.63, 3.8) is 0 Å². The standard InChI is InChI=1S/C15H15NS/c1-2-12-8-6-7-11-14(12)16-15(17)13-9-4-3-5-10-13/h3-11H,2H2,1H3,(H,16,17). The molecule has 0 radical (unpaired) electrons. The lowest BCUT2D eigenvalue weighted by molar-refractivity contribution is 1.14. The van der Waals surface area contributed by atoms with Crippen LogP contribution in [0.1, 0.15) is 18.1 Å². The molecular formula is C15H15NS. The van der Waals surface area contributed by atoms with E-state index in [0.29, 0.717) is 0 Å². The lowest BCUT2D eigenvalue weighted by Crippen LogP contribution is -2.11. The molecule has 0 saturated carbocycles. The number of rotatable bonds is 3. The fraction of sp³-hybridized carbons (Fsp3) is 0.133. The van der Waals surface area contributed by atoms with Crippen molar-refractivity contribution in [3.05, 3.63) is 65.7 Å². The summed E-state index contributed by atoms with van der Waals surface area (Å²) in [7, 11) is 0. The highest BCUT2D eigenvalue weighted by molar-refractivity contribution is 7.81. The molecule has 0 aliphatic carbocycles. The number of anilines is 1. The van der Waals surface area contributed by atoms with E-state index < -0.39 is 0 Å².